The highest BCUT2D eigenvalue weighted by molar-refractivity contribution is 7.02. The minimum absolute atomic E-state index is 0.154. The molecule has 0 amide bonds. The second-order valence-corrected chi connectivity index (χ2v) is 20.6. The molecule has 0 aromatic heterocycles. The summed E-state index contributed by atoms with van der Waals surface area (Å²) in [4.78, 5) is 0. The first-order valence-corrected chi connectivity index (χ1v) is 23.3. The molecule has 8 aromatic carbocycles. The molecule has 2 heterocycles. The van der Waals surface area contributed by atoms with Gasteiger partial charge in [-0.2, -0.15) is 0 Å². The molecule has 3 aliphatic rings. The molecule has 11 rings (SSSR count). The minimum atomic E-state index is -5.79. The van der Waals surface area contributed by atoms with Crippen LogP contribution in [0.25, 0.3) is 66.8 Å². The smallest absolute Gasteiger partial charge is 0.135 e. The second kappa shape index (κ2) is 13.1. The van der Waals surface area contributed by atoms with E-state index >= 15 is 0 Å². The average molecular weight is 833 g/mol. The Bertz CT molecular complexity index is 4010. The summed E-state index contributed by atoms with van der Waals surface area (Å²) in [7, 11) is -11.3. The van der Waals surface area contributed by atoms with Gasteiger partial charge in [0, 0.05) is 44.0 Å². The van der Waals surface area contributed by atoms with E-state index in [1.54, 1.807) is 18.2 Å². The molecule has 4 heteroatoms. The van der Waals surface area contributed by atoms with Crippen molar-refractivity contribution in [1.82, 2.24) is 0 Å². The van der Waals surface area contributed by atoms with Crippen LogP contribution in [0.2, 0.25) is 25.9 Å². The van der Waals surface area contributed by atoms with Crippen LogP contribution >= 0.6 is 0 Å². The normalized spacial score (nSPS) is 22.1. The van der Waals surface area contributed by atoms with Crippen molar-refractivity contribution in [1.29, 1.82) is 0 Å². The summed E-state index contributed by atoms with van der Waals surface area (Å²) in [5, 5.41) is -2.06. The van der Waals surface area contributed by atoms with Crippen molar-refractivity contribution >= 4 is 36.9 Å². The highest BCUT2D eigenvalue weighted by atomic mass is 28.3. The minimum Gasteiger partial charge on any atom is -0.457 e. The maximum Gasteiger partial charge on any atom is 0.135 e. The topological polar surface area (TPSA) is 18.5 Å². The monoisotopic (exact) mass is 832 g/mol. The molecule has 0 N–H and O–H groups in total. The fourth-order valence-corrected chi connectivity index (χ4v) is 13.1. The third-order valence-electron chi connectivity index (χ3n) is 12.0. The molecule has 2 nitrogen and oxygen atoms in total. The first kappa shape index (κ1) is 19.5. The van der Waals surface area contributed by atoms with Gasteiger partial charge in [-0.05, 0) is 144 Å². The molecule has 0 saturated heterocycles. The van der Waals surface area contributed by atoms with Gasteiger partial charge in [0.1, 0.15) is 39.1 Å². The first-order chi connectivity index (χ1) is 38.8. The van der Waals surface area contributed by atoms with E-state index in [9.17, 15) is 8.22 Å². The molecule has 0 spiro atoms. The molecule has 0 bridgehead atoms. The zero-order valence-electron chi connectivity index (χ0n) is 55.7. The molecular weight excluding hydrogens is 761 g/mol. The molecule has 0 atom stereocenters. The summed E-state index contributed by atoms with van der Waals surface area (Å²) in [6.07, 6.45) is 0. The van der Waals surface area contributed by atoms with Crippen LogP contribution < -0.4 is 30.2 Å². The summed E-state index contributed by atoms with van der Waals surface area (Å²) in [6.45, 7) is -26.7. The zero-order valence-corrected chi connectivity index (χ0v) is 33.7. The van der Waals surface area contributed by atoms with E-state index in [2.05, 4.69) is 0 Å². The van der Waals surface area contributed by atoms with Crippen LogP contribution in [0.1, 0.15) is 55.2 Å². The van der Waals surface area contributed by atoms with Gasteiger partial charge in [-0.1, -0.05) is 153 Å². The Morgan fingerprint density at radius 3 is 1.43 bits per heavy atom. The Morgan fingerprint density at radius 2 is 0.867 bits per heavy atom. The number of ether oxygens (including phenoxy) is 2. The highest BCUT2D eigenvalue weighted by Crippen LogP contribution is 2.50. The average Bonchev–Trinajstić information content (AvgIpc) is 0.692. The van der Waals surface area contributed by atoms with Crippen molar-refractivity contribution in [3.8, 4) is 89.8 Å². The maximum atomic E-state index is 9.49. The molecule has 8 aromatic rings. The van der Waals surface area contributed by atoms with Gasteiger partial charge in [0.05, 0.1) is 0 Å². The number of fused-ring (bicyclic) bond motifs is 12. The van der Waals surface area contributed by atoms with Crippen LogP contribution in [0.5, 0.6) is 23.0 Å². The van der Waals surface area contributed by atoms with E-state index in [4.69, 9.17) is 34.1 Å². The largest absolute Gasteiger partial charge is 0.457 e. The van der Waals surface area contributed by atoms with Gasteiger partial charge in [-0.3, -0.25) is 0 Å². The quantitative estimate of drug-likeness (QED) is 0.162. The second-order valence-electron chi connectivity index (χ2n) is 15.4. The van der Waals surface area contributed by atoms with Crippen molar-refractivity contribution in [3.63, 3.8) is 0 Å². The highest BCUT2D eigenvalue weighted by Gasteiger charge is 2.41. The van der Waals surface area contributed by atoms with E-state index in [0.717, 1.165) is 93.5 Å². The zero-order chi connectivity index (χ0) is 61.2. The molecule has 2 aliphatic heterocycles. The molecule has 0 saturated carbocycles. The van der Waals surface area contributed by atoms with E-state index < -0.39 is 141 Å². The van der Waals surface area contributed by atoms with Crippen molar-refractivity contribution in [2.24, 2.45) is 0 Å². The molecule has 0 unspecified atom stereocenters. The molecule has 0 fully saturated rings. The van der Waals surface area contributed by atoms with Crippen LogP contribution in [-0.2, 0) is 0 Å². The number of benzene rings is 8. The number of rotatable bonds is 2. The van der Waals surface area contributed by atoms with Gasteiger partial charge in [0.15, 0.2) is 0 Å². The van der Waals surface area contributed by atoms with Gasteiger partial charge < -0.3 is 9.47 Å². The Morgan fingerprint density at radius 1 is 0.367 bits per heavy atom. The van der Waals surface area contributed by atoms with Gasteiger partial charge in [0.2, 0.25) is 0 Å². The summed E-state index contributed by atoms with van der Waals surface area (Å²) < 4.78 is 229. The number of hydrogen-bond acceptors (Lipinski definition) is 2. The lowest BCUT2D eigenvalue weighted by molar-refractivity contribution is 0.486. The summed E-state index contributed by atoms with van der Waals surface area (Å²) >= 11 is 0. The Hall–Kier alpha value is -6.21. The summed E-state index contributed by atoms with van der Waals surface area (Å²) in [5.41, 5.74) is 2.51. The third-order valence-corrected chi connectivity index (χ3v) is 16.8. The van der Waals surface area contributed by atoms with Gasteiger partial charge in [-0.15, -0.1) is 0 Å². The Labute approximate surface area is 389 Å². The maximum absolute atomic E-state index is 9.49. The molecule has 292 valence electrons. The van der Waals surface area contributed by atoms with Crippen LogP contribution in [0.4, 0.5) is 0 Å². The number of aryl methyl sites for hydroxylation is 4. The van der Waals surface area contributed by atoms with Crippen molar-refractivity contribution in [3.05, 3.63) is 168 Å². The van der Waals surface area contributed by atoms with Crippen molar-refractivity contribution in [2.75, 3.05) is 0 Å². The van der Waals surface area contributed by atoms with Crippen molar-refractivity contribution < 1.29 is 42.4 Å². The van der Waals surface area contributed by atoms with Gasteiger partial charge >= 0.3 is 0 Å². The Kier molecular flexibility index (Phi) is 4.26. The van der Waals surface area contributed by atoms with Gasteiger partial charge in [-0.25, -0.2) is 0 Å². The van der Waals surface area contributed by atoms with Gasteiger partial charge in [0.25, 0.3) is 0 Å². The van der Waals surface area contributed by atoms with Crippen LogP contribution in [0.3, 0.4) is 0 Å². The fraction of sp³-hybridized carbons (Fsp3) is 0.143. The predicted octanol–water partition coefficient (Wildman–Crippen LogP) is 13.1. The van der Waals surface area contributed by atoms with Crippen molar-refractivity contribution in [2.45, 2.75) is 53.3 Å². The molecule has 0 radical (unpaired) electrons. The van der Waals surface area contributed by atoms with E-state index in [-0.39, 0.29) is 16.7 Å². The molecular formula is C56H48O2Si2. The summed E-state index contributed by atoms with van der Waals surface area (Å²) in [5.74, 6) is -2.54. The molecule has 60 heavy (non-hydrogen) atoms. The number of hydrogen-bond donors (Lipinski definition) is 0. The van der Waals surface area contributed by atoms with Crippen LogP contribution in [-0.4, -0.2) is 16.1 Å². The first-order valence-electron chi connectivity index (χ1n) is 31.3. The Balaban J connectivity index is 1.26. The van der Waals surface area contributed by atoms with E-state index in [1.165, 1.54) is 0 Å². The predicted molar refractivity (Wildman–Crippen MR) is 258 cm³/mol. The lowest BCUT2D eigenvalue weighted by Crippen LogP contribution is -2.56. The molecule has 1 aliphatic carbocycles. The van der Waals surface area contributed by atoms with Crippen LogP contribution in [0, 0.1) is 27.4 Å². The summed E-state index contributed by atoms with van der Waals surface area (Å²) in [6, 6.07) is 37.1. The van der Waals surface area contributed by atoms with Crippen LogP contribution in [0.15, 0.2) is 146 Å². The van der Waals surface area contributed by atoms with E-state index in [0.29, 0.717) is 5.56 Å². The SMILES string of the molecule is [2H]C([2H])([2H])c1ccc2c(c1)Oc1c(ccc(C([2H])([2H])[2H])c1-c1cc3c(cc1C([2H])([2H])[2H])Oc1c(ccc(C([2H])([2H])[2H])c1-c1ccc4c(c1)-c1ccccc1-c1ccccc1-c1ccccc1-4)[Si]3(C([2H])([2H])[2H])C([2H])([2H])[2H])[Si]2(C([2H])([2H])[2H])C([2H])([2H])[2H]. The lowest BCUT2D eigenvalue weighted by Gasteiger charge is -2.37. The fourth-order valence-electron chi connectivity index (χ4n) is 9.13. The lowest BCUT2D eigenvalue weighted by atomic mass is 9.80. The standard InChI is InChI=1S/C56H48O2Si2/c1-33-21-26-49-47(29-33)57-56-51(59(49,5)6)28-23-35(3)54(56)45-32-52-48(30-36(45)4)58-55-50(60(52,7)8)27-22-34(2)53(55)37-24-25-44-42-19-12-11-17-40(42)38-15-9-10-16-39(38)41-18-13-14-20-43(41)46(44)31-37/h9-32H,1-8H3/i1D3,2D3,3D3,4D3,5D3,6D3,7D3,8D3. The third kappa shape index (κ3) is 5.30. The van der Waals surface area contributed by atoms with E-state index in [1.807, 2.05) is 72.8 Å².